The molecule has 4 heteroatoms. The number of aryl methyl sites for hydroxylation is 1. The molecule has 0 fully saturated rings. The Labute approximate surface area is 71.3 Å². The van der Waals surface area contributed by atoms with Crippen LogP contribution in [0.3, 0.4) is 0 Å². The Bertz CT molecular complexity index is 256. The summed E-state index contributed by atoms with van der Waals surface area (Å²) in [6.45, 7) is 2.00. The van der Waals surface area contributed by atoms with Crippen LogP contribution in [0, 0.1) is 6.92 Å². The Balaban J connectivity index is 3.03. The van der Waals surface area contributed by atoms with Crippen LogP contribution >= 0.6 is 27.3 Å². The van der Waals surface area contributed by atoms with Gasteiger partial charge in [0.25, 0.3) is 0 Å². The first-order valence-electron chi connectivity index (χ1n) is 2.67. The minimum Gasteiger partial charge on any atom is -0.411 e. The van der Waals surface area contributed by atoms with Crippen LogP contribution in [0.4, 0.5) is 0 Å². The van der Waals surface area contributed by atoms with Gasteiger partial charge in [-0.1, -0.05) is 5.16 Å². The molecule has 0 unspecified atom stereocenters. The molecule has 0 aromatic carbocycles. The van der Waals surface area contributed by atoms with Gasteiger partial charge in [-0.15, -0.1) is 11.3 Å². The van der Waals surface area contributed by atoms with Crippen molar-refractivity contribution >= 4 is 33.5 Å². The van der Waals surface area contributed by atoms with Gasteiger partial charge in [0, 0.05) is 9.35 Å². The average Bonchev–Trinajstić information content (AvgIpc) is 2.13. The Kier molecular flexibility index (Phi) is 2.45. The van der Waals surface area contributed by atoms with Crippen molar-refractivity contribution in [3.8, 4) is 0 Å². The second-order valence-corrected chi connectivity index (χ2v) is 3.96. The van der Waals surface area contributed by atoms with Gasteiger partial charge in [0.05, 0.1) is 11.1 Å². The van der Waals surface area contributed by atoms with Crippen molar-refractivity contribution in [2.24, 2.45) is 5.16 Å². The largest absolute Gasteiger partial charge is 0.411 e. The Morgan fingerprint density at radius 3 is 2.90 bits per heavy atom. The number of thiophene rings is 1. The van der Waals surface area contributed by atoms with Crippen LogP contribution in [0.1, 0.15) is 9.75 Å². The summed E-state index contributed by atoms with van der Waals surface area (Å²) < 4.78 is 0.979. The van der Waals surface area contributed by atoms with Crippen LogP contribution in [0.25, 0.3) is 0 Å². The van der Waals surface area contributed by atoms with Crippen LogP contribution in [0.5, 0.6) is 0 Å². The number of hydrogen-bond acceptors (Lipinski definition) is 3. The first-order valence-corrected chi connectivity index (χ1v) is 4.28. The normalized spacial score (nSPS) is 11.0. The van der Waals surface area contributed by atoms with Gasteiger partial charge in [0.1, 0.15) is 0 Å². The summed E-state index contributed by atoms with van der Waals surface area (Å²) in [5.41, 5.74) is 0. The average molecular weight is 220 g/mol. The second kappa shape index (κ2) is 3.16. The van der Waals surface area contributed by atoms with Gasteiger partial charge in [-0.05, 0) is 28.9 Å². The third kappa shape index (κ3) is 1.58. The van der Waals surface area contributed by atoms with Crippen molar-refractivity contribution in [2.75, 3.05) is 0 Å². The lowest BCUT2D eigenvalue weighted by molar-refractivity contribution is 0.322. The van der Waals surface area contributed by atoms with Gasteiger partial charge in [-0.3, -0.25) is 0 Å². The zero-order valence-electron chi connectivity index (χ0n) is 5.34. The molecule has 0 saturated heterocycles. The lowest BCUT2D eigenvalue weighted by atomic mass is 10.4. The number of rotatable bonds is 1. The van der Waals surface area contributed by atoms with E-state index in [1.165, 1.54) is 11.1 Å². The van der Waals surface area contributed by atoms with Crippen LogP contribution in [0.15, 0.2) is 15.7 Å². The molecule has 2 nitrogen and oxygen atoms in total. The predicted octanol–water partition coefficient (Wildman–Crippen LogP) is 2.63. The van der Waals surface area contributed by atoms with Crippen LogP contribution in [-0.4, -0.2) is 11.4 Å². The van der Waals surface area contributed by atoms with Gasteiger partial charge >= 0.3 is 0 Å². The van der Waals surface area contributed by atoms with Crippen LogP contribution in [0.2, 0.25) is 0 Å². The molecule has 0 radical (unpaired) electrons. The standard InChI is InChI=1S/C6H6BrNOS/c1-4-2-5(7)6(10-4)3-8-9/h2-3,9H,1H3. The first-order chi connectivity index (χ1) is 4.74. The summed E-state index contributed by atoms with van der Waals surface area (Å²) in [5.74, 6) is 0. The van der Waals surface area contributed by atoms with E-state index in [2.05, 4.69) is 21.1 Å². The van der Waals surface area contributed by atoms with E-state index >= 15 is 0 Å². The number of halogens is 1. The van der Waals surface area contributed by atoms with E-state index in [-0.39, 0.29) is 0 Å². The molecule has 0 saturated carbocycles. The van der Waals surface area contributed by atoms with Crippen molar-refractivity contribution in [1.29, 1.82) is 0 Å². The Morgan fingerprint density at radius 1 is 1.80 bits per heavy atom. The summed E-state index contributed by atoms with van der Waals surface area (Å²) >= 11 is 4.91. The molecular weight excluding hydrogens is 214 g/mol. The summed E-state index contributed by atoms with van der Waals surface area (Å²) in [4.78, 5) is 2.14. The molecule has 1 heterocycles. The van der Waals surface area contributed by atoms with Gasteiger partial charge in [0.15, 0.2) is 0 Å². The van der Waals surface area contributed by atoms with Crippen molar-refractivity contribution in [2.45, 2.75) is 6.92 Å². The molecule has 0 aliphatic heterocycles. The topological polar surface area (TPSA) is 32.6 Å². The highest BCUT2D eigenvalue weighted by molar-refractivity contribution is 9.10. The molecule has 1 rings (SSSR count). The number of hydrogen-bond donors (Lipinski definition) is 1. The van der Waals surface area contributed by atoms with Crippen LogP contribution in [-0.2, 0) is 0 Å². The maximum Gasteiger partial charge on any atom is 0.0845 e. The van der Waals surface area contributed by atoms with E-state index in [4.69, 9.17) is 5.21 Å². The molecule has 1 aromatic rings. The molecular formula is C6H6BrNOS. The van der Waals surface area contributed by atoms with Crippen molar-refractivity contribution in [3.05, 3.63) is 20.3 Å². The molecule has 0 spiro atoms. The van der Waals surface area contributed by atoms with E-state index in [0.29, 0.717) is 0 Å². The predicted molar refractivity (Wildman–Crippen MR) is 46.1 cm³/mol. The minimum absolute atomic E-state index is 0.944. The van der Waals surface area contributed by atoms with E-state index in [0.717, 1.165) is 9.35 Å². The highest BCUT2D eigenvalue weighted by Gasteiger charge is 2.00. The smallest absolute Gasteiger partial charge is 0.0845 e. The molecule has 0 aliphatic carbocycles. The van der Waals surface area contributed by atoms with Gasteiger partial charge in [-0.2, -0.15) is 0 Å². The molecule has 0 aliphatic rings. The fourth-order valence-electron chi connectivity index (χ4n) is 0.642. The second-order valence-electron chi connectivity index (χ2n) is 1.81. The maximum atomic E-state index is 8.21. The van der Waals surface area contributed by atoms with Crippen molar-refractivity contribution in [1.82, 2.24) is 0 Å². The number of nitrogens with zero attached hydrogens (tertiary/aromatic N) is 1. The van der Waals surface area contributed by atoms with E-state index in [1.54, 1.807) is 11.3 Å². The third-order valence-corrected chi connectivity index (χ3v) is 2.91. The third-order valence-electron chi connectivity index (χ3n) is 1.01. The van der Waals surface area contributed by atoms with E-state index in [1.807, 2.05) is 13.0 Å². The zero-order chi connectivity index (χ0) is 7.56. The quantitative estimate of drug-likeness (QED) is 0.440. The zero-order valence-corrected chi connectivity index (χ0v) is 7.74. The molecule has 1 N–H and O–H groups in total. The fraction of sp³-hybridized carbons (Fsp3) is 0.167. The Hall–Kier alpha value is -0.350. The molecule has 0 atom stereocenters. The van der Waals surface area contributed by atoms with Crippen LogP contribution < -0.4 is 0 Å². The SMILES string of the molecule is Cc1cc(Br)c(C=NO)s1. The number of oxime groups is 1. The summed E-state index contributed by atoms with van der Waals surface area (Å²) in [6, 6.07) is 1.99. The van der Waals surface area contributed by atoms with Gasteiger partial charge in [-0.25, -0.2) is 0 Å². The molecule has 10 heavy (non-hydrogen) atoms. The van der Waals surface area contributed by atoms with Gasteiger partial charge < -0.3 is 5.21 Å². The summed E-state index contributed by atoms with van der Waals surface area (Å²) in [5, 5.41) is 11.1. The van der Waals surface area contributed by atoms with E-state index in [9.17, 15) is 0 Å². The fourth-order valence-corrected chi connectivity index (χ4v) is 2.26. The van der Waals surface area contributed by atoms with Gasteiger partial charge in [0.2, 0.25) is 0 Å². The monoisotopic (exact) mass is 219 g/mol. The highest BCUT2D eigenvalue weighted by atomic mass is 79.9. The molecule has 54 valence electrons. The molecule has 0 amide bonds. The first kappa shape index (κ1) is 7.75. The molecule has 1 aromatic heterocycles. The molecule has 0 bridgehead atoms. The van der Waals surface area contributed by atoms with E-state index < -0.39 is 0 Å². The highest BCUT2D eigenvalue weighted by Crippen LogP contribution is 2.24. The lowest BCUT2D eigenvalue weighted by Gasteiger charge is -1.81. The summed E-state index contributed by atoms with van der Waals surface area (Å²) in [7, 11) is 0. The summed E-state index contributed by atoms with van der Waals surface area (Å²) in [6.07, 6.45) is 1.42. The minimum atomic E-state index is 0.944. The lowest BCUT2D eigenvalue weighted by Crippen LogP contribution is -1.71. The van der Waals surface area contributed by atoms with Crippen molar-refractivity contribution < 1.29 is 5.21 Å². The maximum absolute atomic E-state index is 8.21. The Morgan fingerprint density at radius 2 is 2.50 bits per heavy atom. The van der Waals surface area contributed by atoms with Crippen molar-refractivity contribution in [3.63, 3.8) is 0 Å².